The molecule has 0 saturated heterocycles. The van der Waals surface area contributed by atoms with Gasteiger partial charge in [-0.3, -0.25) is 9.59 Å². The fraction of sp³-hybridized carbons (Fsp3) is 0.350. The molecule has 1 atom stereocenters. The minimum Gasteiger partial charge on any atom is -0.381 e. The van der Waals surface area contributed by atoms with E-state index in [4.69, 9.17) is 17.0 Å². The average molecular weight is 389 g/mol. The van der Waals surface area contributed by atoms with Crippen LogP contribution in [0, 0.1) is 5.41 Å². The minimum absolute atomic E-state index is 0.0447. The van der Waals surface area contributed by atoms with Crippen LogP contribution >= 0.6 is 11.6 Å². The summed E-state index contributed by atoms with van der Waals surface area (Å²) in [5.74, 6) is -0.354. The van der Waals surface area contributed by atoms with Crippen LogP contribution in [0.1, 0.15) is 27.2 Å². The van der Waals surface area contributed by atoms with Crippen molar-refractivity contribution >= 4 is 40.4 Å². The highest BCUT2D eigenvalue weighted by molar-refractivity contribution is 6.27. The van der Waals surface area contributed by atoms with Gasteiger partial charge in [-0.25, -0.2) is 0 Å². The number of amides is 1. The molecule has 0 aliphatic heterocycles. The number of ketones is 1. The Labute approximate surface area is 164 Å². The lowest BCUT2D eigenvalue weighted by Crippen LogP contribution is -2.36. The molecule has 0 heterocycles. The van der Waals surface area contributed by atoms with Gasteiger partial charge in [0.1, 0.15) is 5.88 Å². The molecular formula is C20H25ClN4O2. The average Bonchev–Trinajstić information content (AvgIpc) is 2.67. The maximum Gasteiger partial charge on any atom is 0.234 e. The number of nitrogens with one attached hydrogen (secondary N) is 4. The Balaban J connectivity index is 2.02. The third kappa shape index (κ3) is 5.44. The van der Waals surface area contributed by atoms with E-state index in [0.29, 0.717) is 29.1 Å². The summed E-state index contributed by atoms with van der Waals surface area (Å²) in [6.07, 6.45) is 2.32. The summed E-state index contributed by atoms with van der Waals surface area (Å²) in [6.45, 7) is 6.07. The summed E-state index contributed by atoms with van der Waals surface area (Å²) < 4.78 is 0. The Morgan fingerprint density at radius 1 is 1.19 bits per heavy atom. The van der Waals surface area contributed by atoms with E-state index in [1.54, 1.807) is 13.8 Å². The monoisotopic (exact) mass is 388 g/mol. The summed E-state index contributed by atoms with van der Waals surface area (Å²) >= 11 is 5.49. The first-order valence-electron chi connectivity index (χ1n) is 8.84. The molecule has 0 bridgehead atoms. The molecule has 7 heteroatoms. The summed E-state index contributed by atoms with van der Waals surface area (Å²) in [5.41, 5.74) is 3.81. The fourth-order valence-corrected chi connectivity index (χ4v) is 2.81. The van der Waals surface area contributed by atoms with Gasteiger partial charge in [0.15, 0.2) is 0 Å². The molecule has 0 saturated carbocycles. The predicted molar refractivity (Wildman–Crippen MR) is 111 cm³/mol. The minimum atomic E-state index is -0.188. The van der Waals surface area contributed by atoms with E-state index in [0.717, 1.165) is 17.8 Å². The van der Waals surface area contributed by atoms with Crippen molar-refractivity contribution in [2.75, 3.05) is 23.1 Å². The van der Waals surface area contributed by atoms with Gasteiger partial charge >= 0.3 is 0 Å². The Morgan fingerprint density at radius 2 is 1.81 bits per heavy atom. The second-order valence-corrected chi connectivity index (χ2v) is 6.72. The highest BCUT2D eigenvalue weighted by atomic mass is 35.5. The molecule has 1 aromatic carbocycles. The number of hydrogen-bond acceptors (Lipinski definition) is 5. The van der Waals surface area contributed by atoms with Gasteiger partial charge in [0.05, 0.1) is 11.4 Å². The molecule has 1 amide bonds. The molecule has 0 radical (unpaired) electrons. The standard InChI is InChI=1S/C20H25ClN4O2/c1-4-14(11-23-18(27)10-21)24-15-5-7-16(8-6-15)25-20-13(3)19(22)12(2)9-17(20)26/h5-9,14,22,24-25H,4,10-11H2,1-3H3,(H,23,27). The van der Waals surface area contributed by atoms with Gasteiger partial charge in [0, 0.05) is 29.5 Å². The van der Waals surface area contributed by atoms with E-state index >= 15 is 0 Å². The van der Waals surface area contributed by atoms with Gasteiger partial charge in [-0.05, 0) is 56.2 Å². The number of rotatable bonds is 8. The topological polar surface area (TPSA) is 94.1 Å². The highest BCUT2D eigenvalue weighted by Crippen LogP contribution is 2.22. The molecule has 4 N–H and O–H groups in total. The zero-order chi connectivity index (χ0) is 20.0. The first-order chi connectivity index (χ1) is 12.8. The van der Waals surface area contributed by atoms with E-state index in [2.05, 4.69) is 16.0 Å². The van der Waals surface area contributed by atoms with Gasteiger partial charge in [-0.2, -0.15) is 0 Å². The third-order valence-electron chi connectivity index (χ3n) is 4.42. The molecular weight excluding hydrogens is 364 g/mol. The molecule has 27 heavy (non-hydrogen) atoms. The van der Waals surface area contributed by atoms with E-state index in [-0.39, 0.29) is 23.6 Å². The molecule has 0 aromatic heterocycles. The summed E-state index contributed by atoms with van der Waals surface area (Å²) in [7, 11) is 0. The number of benzene rings is 1. The number of carbonyl (C=O) groups excluding carboxylic acids is 2. The summed E-state index contributed by atoms with van der Waals surface area (Å²) in [6, 6.07) is 7.65. The van der Waals surface area contributed by atoms with Crippen molar-refractivity contribution in [1.82, 2.24) is 5.32 Å². The molecule has 2 rings (SSSR count). The van der Waals surface area contributed by atoms with Crippen LogP contribution < -0.4 is 16.0 Å². The van der Waals surface area contributed by atoms with Gasteiger partial charge in [0.2, 0.25) is 11.7 Å². The lowest BCUT2D eigenvalue weighted by Gasteiger charge is -2.20. The molecule has 1 aromatic rings. The third-order valence-corrected chi connectivity index (χ3v) is 4.67. The van der Waals surface area contributed by atoms with Crippen LogP contribution in [0.15, 0.2) is 47.2 Å². The fourth-order valence-electron chi connectivity index (χ4n) is 2.71. The predicted octanol–water partition coefficient (Wildman–Crippen LogP) is 3.47. The maximum atomic E-state index is 12.2. The zero-order valence-electron chi connectivity index (χ0n) is 15.8. The van der Waals surface area contributed by atoms with Crippen molar-refractivity contribution < 1.29 is 9.59 Å². The SMILES string of the molecule is CCC(CNC(=O)CCl)Nc1ccc(NC2=C(C)C(=N)C(C)=CC2=O)cc1. The smallest absolute Gasteiger partial charge is 0.234 e. The zero-order valence-corrected chi connectivity index (χ0v) is 16.5. The second-order valence-electron chi connectivity index (χ2n) is 6.46. The van der Waals surface area contributed by atoms with Crippen LogP contribution in [0.25, 0.3) is 0 Å². The Kier molecular flexibility index (Phi) is 7.19. The number of halogens is 1. The van der Waals surface area contributed by atoms with E-state index in [1.165, 1.54) is 6.08 Å². The van der Waals surface area contributed by atoms with Gasteiger partial charge in [-0.15, -0.1) is 11.6 Å². The molecule has 1 unspecified atom stereocenters. The van der Waals surface area contributed by atoms with Crippen molar-refractivity contribution in [3.8, 4) is 0 Å². The van der Waals surface area contributed by atoms with E-state index in [1.807, 2.05) is 31.2 Å². The van der Waals surface area contributed by atoms with Crippen LogP contribution in [0.4, 0.5) is 11.4 Å². The van der Waals surface area contributed by atoms with Crippen LogP contribution in [0.5, 0.6) is 0 Å². The molecule has 1 aliphatic rings. The number of allylic oxidation sites excluding steroid dienone is 3. The quantitative estimate of drug-likeness (QED) is 0.405. The lowest BCUT2D eigenvalue weighted by molar-refractivity contribution is -0.118. The number of carbonyl (C=O) groups is 2. The molecule has 6 nitrogen and oxygen atoms in total. The first kappa shape index (κ1) is 20.7. The number of hydrogen-bond donors (Lipinski definition) is 4. The molecule has 1 aliphatic carbocycles. The number of alkyl halides is 1. The van der Waals surface area contributed by atoms with Crippen molar-refractivity contribution in [3.05, 3.63) is 47.2 Å². The normalized spacial score (nSPS) is 15.3. The molecule has 0 spiro atoms. The van der Waals surface area contributed by atoms with Crippen LogP contribution in [-0.2, 0) is 9.59 Å². The van der Waals surface area contributed by atoms with E-state index in [9.17, 15) is 9.59 Å². The van der Waals surface area contributed by atoms with Crippen molar-refractivity contribution in [2.45, 2.75) is 33.2 Å². The molecule has 0 fully saturated rings. The summed E-state index contributed by atoms with van der Waals surface area (Å²) in [5, 5.41) is 17.3. The van der Waals surface area contributed by atoms with Gasteiger partial charge in [-0.1, -0.05) is 6.92 Å². The summed E-state index contributed by atoms with van der Waals surface area (Å²) in [4.78, 5) is 23.5. The van der Waals surface area contributed by atoms with Crippen molar-refractivity contribution in [2.24, 2.45) is 0 Å². The van der Waals surface area contributed by atoms with Crippen molar-refractivity contribution in [1.29, 1.82) is 5.41 Å². The van der Waals surface area contributed by atoms with Crippen molar-refractivity contribution in [3.63, 3.8) is 0 Å². The van der Waals surface area contributed by atoms with Gasteiger partial charge in [0.25, 0.3) is 0 Å². The van der Waals surface area contributed by atoms with E-state index < -0.39 is 0 Å². The Morgan fingerprint density at radius 3 is 2.41 bits per heavy atom. The Hall–Kier alpha value is -2.60. The maximum absolute atomic E-state index is 12.2. The van der Waals surface area contributed by atoms with Gasteiger partial charge < -0.3 is 21.4 Å². The lowest BCUT2D eigenvalue weighted by atomic mass is 9.94. The molecule has 144 valence electrons. The first-order valence-corrected chi connectivity index (χ1v) is 9.38. The number of anilines is 2. The second kappa shape index (κ2) is 9.37. The highest BCUT2D eigenvalue weighted by Gasteiger charge is 2.20. The van der Waals surface area contributed by atoms with Crippen LogP contribution in [-0.4, -0.2) is 35.9 Å². The largest absolute Gasteiger partial charge is 0.381 e. The van der Waals surface area contributed by atoms with Crippen LogP contribution in [0.2, 0.25) is 0 Å². The van der Waals surface area contributed by atoms with Crippen LogP contribution in [0.3, 0.4) is 0 Å². The Bertz CT molecular complexity index is 797.